The van der Waals surface area contributed by atoms with E-state index < -0.39 is 0 Å². The van der Waals surface area contributed by atoms with Crippen LogP contribution in [0.15, 0.2) is 48.5 Å². The number of nitrogens with one attached hydrogen (secondary N) is 2. The zero-order valence-corrected chi connectivity index (χ0v) is 25.1. The van der Waals surface area contributed by atoms with E-state index in [-0.39, 0.29) is 0 Å². The van der Waals surface area contributed by atoms with Crippen LogP contribution in [0.2, 0.25) is 0 Å². The molecular formula is C29H38N8OS2. The molecule has 9 nitrogen and oxygen atoms in total. The number of ether oxygens (including phenoxy) is 1. The molecule has 11 heteroatoms. The standard InChI is InChI=1S/C15H20N4S.C14H18N4OS/c1-11-3-5-13(6-4-11)9-14-17-15(20-18-14)19-8-7-16-12(2)10-19;1-19-12-4-2-3-11(9-12)10-13-16-14(20-17-13)18-7-5-15-6-8-18/h3-6,12,16H,7-10H2,1-2H3;2-4,9,15H,5-8,10H2,1H3. The molecule has 40 heavy (non-hydrogen) atoms. The first-order valence-corrected chi connectivity index (χ1v) is 15.4. The molecule has 4 heterocycles. The fourth-order valence-corrected chi connectivity index (χ4v) is 6.16. The number of piperazine rings is 2. The lowest BCUT2D eigenvalue weighted by atomic mass is 10.1. The molecule has 2 fully saturated rings. The lowest BCUT2D eigenvalue weighted by Crippen LogP contribution is -2.49. The number of rotatable bonds is 7. The van der Waals surface area contributed by atoms with Gasteiger partial charge in [-0.3, -0.25) is 0 Å². The summed E-state index contributed by atoms with van der Waals surface area (Å²) in [5, 5.41) is 8.88. The minimum absolute atomic E-state index is 0.521. The Morgan fingerprint density at radius 2 is 1.50 bits per heavy atom. The maximum Gasteiger partial charge on any atom is 0.205 e. The number of nitrogens with zero attached hydrogens (tertiary/aromatic N) is 6. The Bertz CT molecular complexity index is 1340. The number of hydrogen-bond acceptors (Lipinski definition) is 11. The first-order valence-electron chi connectivity index (χ1n) is 13.8. The van der Waals surface area contributed by atoms with Gasteiger partial charge in [0.25, 0.3) is 0 Å². The maximum absolute atomic E-state index is 5.24. The van der Waals surface area contributed by atoms with Crippen LogP contribution in [0, 0.1) is 6.92 Å². The zero-order chi connectivity index (χ0) is 27.7. The predicted molar refractivity (Wildman–Crippen MR) is 164 cm³/mol. The van der Waals surface area contributed by atoms with Crippen LogP contribution in [0.4, 0.5) is 10.3 Å². The Labute approximate surface area is 245 Å². The summed E-state index contributed by atoms with van der Waals surface area (Å²) < 4.78 is 14.2. The smallest absolute Gasteiger partial charge is 0.205 e. The number of aromatic nitrogens is 4. The van der Waals surface area contributed by atoms with Crippen molar-refractivity contribution < 1.29 is 4.74 Å². The monoisotopic (exact) mass is 578 g/mol. The van der Waals surface area contributed by atoms with Gasteiger partial charge in [0.2, 0.25) is 10.3 Å². The minimum atomic E-state index is 0.521. The third-order valence-electron chi connectivity index (χ3n) is 6.92. The largest absolute Gasteiger partial charge is 0.497 e. The Morgan fingerprint density at radius 3 is 2.17 bits per heavy atom. The van der Waals surface area contributed by atoms with Gasteiger partial charge < -0.3 is 25.2 Å². The van der Waals surface area contributed by atoms with Crippen LogP contribution < -0.4 is 25.2 Å². The lowest BCUT2D eigenvalue weighted by molar-refractivity contribution is 0.414. The number of aryl methyl sites for hydroxylation is 1. The normalized spacial score (nSPS) is 17.3. The van der Waals surface area contributed by atoms with Crippen molar-refractivity contribution in [1.29, 1.82) is 0 Å². The van der Waals surface area contributed by atoms with E-state index in [1.54, 1.807) is 7.11 Å². The van der Waals surface area contributed by atoms with E-state index in [2.05, 4.69) is 78.3 Å². The second-order valence-corrected chi connectivity index (χ2v) is 11.7. The highest BCUT2D eigenvalue weighted by atomic mass is 32.1. The summed E-state index contributed by atoms with van der Waals surface area (Å²) >= 11 is 3.01. The highest BCUT2D eigenvalue weighted by molar-refractivity contribution is 7.10. The van der Waals surface area contributed by atoms with Crippen molar-refractivity contribution in [2.45, 2.75) is 32.7 Å². The van der Waals surface area contributed by atoms with E-state index >= 15 is 0 Å². The predicted octanol–water partition coefficient (Wildman–Crippen LogP) is 3.78. The van der Waals surface area contributed by atoms with Crippen LogP contribution in [-0.4, -0.2) is 77.7 Å². The second-order valence-electron chi connectivity index (χ2n) is 10.2. The highest BCUT2D eigenvalue weighted by Crippen LogP contribution is 2.22. The van der Waals surface area contributed by atoms with Gasteiger partial charge in [0.1, 0.15) is 17.4 Å². The van der Waals surface area contributed by atoms with Crippen LogP contribution in [0.5, 0.6) is 5.75 Å². The van der Waals surface area contributed by atoms with Crippen LogP contribution in [0.25, 0.3) is 0 Å². The van der Waals surface area contributed by atoms with Gasteiger partial charge in [-0.15, -0.1) is 0 Å². The molecular weight excluding hydrogens is 541 g/mol. The van der Waals surface area contributed by atoms with Crippen LogP contribution in [0.1, 0.15) is 35.3 Å². The van der Waals surface area contributed by atoms with Crippen molar-refractivity contribution in [1.82, 2.24) is 29.3 Å². The fourth-order valence-electron chi connectivity index (χ4n) is 4.71. The molecule has 0 bridgehead atoms. The van der Waals surface area contributed by atoms with E-state index in [0.717, 1.165) is 86.3 Å². The number of hydrogen-bond donors (Lipinski definition) is 2. The van der Waals surface area contributed by atoms with Crippen LogP contribution in [0.3, 0.4) is 0 Å². The third kappa shape index (κ3) is 7.97. The molecule has 0 saturated carbocycles. The van der Waals surface area contributed by atoms with Crippen molar-refractivity contribution in [2.75, 3.05) is 62.7 Å². The third-order valence-corrected chi connectivity index (χ3v) is 8.55. The van der Waals surface area contributed by atoms with Gasteiger partial charge >= 0.3 is 0 Å². The summed E-state index contributed by atoms with van der Waals surface area (Å²) in [7, 11) is 1.68. The molecule has 2 N–H and O–H groups in total. The van der Waals surface area contributed by atoms with Gasteiger partial charge in [-0.05, 0) is 37.1 Å². The van der Waals surface area contributed by atoms with Gasteiger partial charge in [-0.1, -0.05) is 42.0 Å². The van der Waals surface area contributed by atoms with E-state index in [0.29, 0.717) is 6.04 Å². The Morgan fingerprint density at radius 1 is 0.850 bits per heavy atom. The van der Waals surface area contributed by atoms with Crippen LogP contribution in [-0.2, 0) is 12.8 Å². The van der Waals surface area contributed by atoms with E-state index in [1.165, 1.54) is 39.8 Å². The van der Waals surface area contributed by atoms with Crippen molar-refractivity contribution in [3.05, 3.63) is 76.9 Å². The molecule has 0 radical (unpaired) electrons. The molecule has 1 atom stereocenters. The van der Waals surface area contributed by atoms with Crippen molar-refractivity contribution in [3.63, 3.8) is 0 Å². The Balaban J connectivity index is 0.000000161. The molecule has 2 aromatic carbocycles. The molecule has 2 aliphatic rings. The van der Waals surface area contributed by atoms with Crippen molar-refractivity contribution >= 4 is 33.3 Å². The number of benzene rings is 2. The number of methoxy groups -OCH3 is 1. The molecule has 1 unspecified atom stereocenters. The Kier molecular flexibility index (Phi) is 9.93. The van der Waals surface area contributed by atoms with Crippen LogP contribution >= 0.6 is 23.1 Å². The summed E-state index contributed by atoms with van der Waals surface area (Å²) in [4.78, 5) is 14.0. The topological polar surface area (TPSA) is 91.3 Å². The van der Waals surface area contributed by atoms with Gasteiger partial charge in [-0.2, -0.15) is 8.75 Å². The molecule has 0 aliphatic carbocycles. The molecule has 2 aromatic heterocycles. The van der Waals surface area contributed by atoms with Crippen molar-refractivity contribution in [3.8, 4) is 5.75 Å². The molecule has 6 rings (SSSR count). The van der Waals surface area contributed by atoms with E-state index in [1.807, 2.05) is 18.2 Å². The van der Waals surface area contributed by atoms with Gasteiger partial charge in [0, 0.05) is 87.8 Å². The summed E-state index contributed by atoms with van der Waals surface area (Å²) in [6, 6.07) is 17.2. The molecule has 0 amide bonds. The second kappa shape index (κ2) is 14.0. The van der Waals surface area contributed by atoms with Gasteiger partial charge in [0.15, 0.2) is 0 Å². The molecule has 0 spiro atoms. The molecule has 4 aromatic rings. The zero-order valence-electron chi connectivity index (χ0n) is 23.5. The quantitative estimate of drug-likeness (QED) is 0.340. The molecule has 2 saturated heterocycles. The summed E-state index contributed by atoms with van der Waals surface area (Å²) in [5.41, 5.74) is 3.73. The summed E-state index contributed by atoms with van der Waals surface area (Å²) in [6.45, 7) is 11.4. The highest BCUT2D eigenvalue weighted by Gasteiger charge is 2.19. The summed E-state index contributed by atoms with van der Waals surface area (Å²) in [5.74, 6) is 2.69. The molecule has 212 valence electrons. The van der Waals surface area contributed by atoms with E-state index in [9.17, 15) is 0 Å². The minimum Gasteiger partial charge on any atom is -0.497 e. The number of anilines is 2. The average molecular weight is 579 g/mol. The average Bonchev–Trinajstić information content (AvgIpc) is 3.65. The lowest BCUT2D eigenvalue weighted by Gasteiger charge is -2.31. The molecule has 2 aliphatic heterocycles. The first kappa shape index (κ1) is 28.4. The van der Waals surface area contributed by atoms with E-state index in [4.69, 9.17) is 9.72 Å². The summed E-state index contributed by atoms with van der Waals surface area (Å²) in [6.07, 6.45) is 1.57. The maximum atomic E-state index is 5.24. The van der Waals surface area contributed by atoms with Crippen molar-refractivity contribution in [2.24, 2.45) is 0 Å². The first-order chi connectivity index (χ1) is 19.6. The van der Waals surface area contributed by atoms with Gasteiger partial charge in [0.05, 0.1) is 7.11 Å². The fraction of sp³-hybridized carbons (Fsp3) is 0.448. The van der Waals surface area contributed by atoms with Gasteiger partial charge in [-0.25, -0.2) is 9.97 Å². The SMILES string of the molecule is COc1cccc(Cc2nsc(N3CCNCC3)n2)c1.Cc1ccc(Cc2nsc(N3CCNC(C)C3)n2)cc1. The Hall–Kier alpha value is -3.12.